The van der Waals surface area contributed by atoms with E-state index < -0.39 is 48.3 Å². The Morgan fingerprint density at radius 3 is 2.58 bits per heavy atom. The molecule has 2 aliphatic rings. The van der Waals surface area contributed by atoms with Crippen LogP contribution in [0.3, 0.4) is 0 Å². The van der Waals surface area contributed by atoms with Gasteiger partial charge in [-0.3, -0.25) is 0 Å². The number of benzene rings is 2. The van der Waals surface area contributed by atoms with E-state index in [0.717, 1.165) is 12.1 Å². The Morgan fingerprint density at radius 2 is 1.89 bits per heavy atom. The highest BCUT2D eigenvalue weighted by molar-refractivity contribution is 7.89. The van der Waals surface area contributed by atoms with E-state index in [0.29, 0.717) is 37.7 Å². The van der Waals surface area contributed by atoms with E-state index >= 15 is 0 Å². The monoisotopic (exact) mass is 575 g/mol. The quantitative estimate of drug-likeness (QED) is 0.385. The summed E-state index contributed by atoms with van der Waals surface area (Å²) in [5, 5.41) is 13.6. The van der Waals surface area contributed by atoms with E-state index in [9.17, 15) is 30.7 Å². The summed E-state index contributed by atoms with van der Waals surface area (Å²) >= 11 is 0. The van der Waals surface area contributed by atoms with Crippen LogP contribution in [0.2, 0.25) is 0 Å². The number of aliphatic hydroxyl groups excluding tert-OH is 1. The summed E-state index contributed by atoms with van der Waals surface area (Å²) < 4.78 is 91.8. The maximum absolute atomic E-state index is 14.1. The molecule has 2 heterocycles. The summed E-state index contributed by atoms with van der Waals surface area (Å²) in [6.07, 6.45) is 0.590. The molecule has 210 valence electrons. The molecule has 3 N–H and O–H groups in total. The van der Waals surface area contributed by atoms with E-state index in [1.54, 1.807) is 12.1 Å². The summed E-state index contributed by atoms with van der Waals surface area (Å²) in [5.74, 6) is -1.65. The largest absolute Gasteiger partial charge is 0.491 e. The molecular weight excluding hydrogens is 544 g/mol. The van der Waals surface area contributed by atoms with Gasteiger partial charge in [-0.15, -0.1) is 0 Å². The Morgan fingerprint density at radius 1 is 1.16 bits per heavy atom. The molecule has 2 fully saturated rings. The van der Waals surface area contributed by atoms with Gasteiger partial charge in [0.05, 0.1) is 17.1 Å². The van der Waals surface area contributed by atoms with Crippen molar-refractivity contribution in [2.45, 2.75) is 46.8 Å². The number of halogens is 2. The number of nitrogens with one attached hydrogen (secondary N) is 2. The lowest BCUT2D eigenvalue weighted by molar-refractivity contribution is -0.0312. The van der Waals surface area contributed by atoms with Gasteiger partial charge in [0.25, 0.3) is 0 Å². The lowest BCUT2D eigenvalue weighted by Gasteiger charge is -2.38. The summed E-state index contributed by atoms with van der Waals surface area (Å²) in [4.78, 5) is -0.492. The van der Waals surface area contributed by atoms with E-state index in [1.807, 2.05) is 0 Å². The van der Waals surface area contributed by atoms with Gasteiger partial charge in [0, 0.05) is 37.8 Å². The number of hydrogen-bond acceptors (Lipinski definition) is 8. The Hall–Kier alpha value is -2.20. The third kappa shape index (κ3) is 6.50. The smallest absolute Gasteiger partial charge is 0.245 e. The van der Waals surface area contributed by atoms with Crippen LogP contribution in [0, 0.1) is 11.6 Å². The van der Waals surface area contributed by atoms with Crippen molar-refractivity contribution < 1.29 is 40.2 Å². The molecule has 14 heteroatoms. The van der Waals surface area contributed by atoms with Crippen molar-refractivity contribution >= 4 is 20.0 Å². The Balaban J connectivity index is 1.24. The third-order valence-electron chi connectivity index (χ3n) is 6.82. The molecule has 4 rings (SSSR count). The minimum atomic E-state index is -4.10. The van der Waals surface area contributed by atoms with Crippen LogP contribution in [0.25, 0.3) is 0 Å². The second-order valence-electron chi connectivity index (χ2n) is 9.43. The standard InChI is InChI=1S/C24H31F2N3O7S2/c1-27-37(31,32)21-4-2-3-20(12-21)35-16-19(30)14-28-18-13-24(36-15-18)7-9-29(10-8-24)38(33,34)23-6-5-17(25)11-22(23)26/h2-6,11-12,18-19,27-28,30H,7-10,13-16H2,1H3/t18?,19-/m0/s1. The number of hydrogen-bond donors (Lipinski definition) is 3. The van der Waals surface area contributed by atoms with Gasteiger partial charge in [0.2, 0.25) is 20.0 Å². The first-order valence-corrected chi connectivity index (χ1v) is 15.0. The maximum atomic E-state index is 14.1. The Labute approximate surface area is 221 Å². The molecule has 0 aromatic heterocycles. The molecule has 0 saturated carbocycles. The minimum Gasteiger partial charge on any atom is -0.491 e. The van der Waals surface area contributed by atoms with E-state index in [-0.39, 0.29) is 37.2 Å². The van der Waals surface area contributed by atoms with Crippen molar-refractivity contribution in [2.75, 3.05) is 39.9 Å². The second kappa shape index (κ2) is 11.5. The van der Waals surface area contributed by atoms with Crippen LogP contribution in [0.15, 0.2) is 52.3 Å². The summed E-state index contributed by atoms with van der Waals surface area (Å²) in [6, 6.07) is 8.30. The highest BCUT2D eigenvalue weighted by atomic mass is 32.2. The summed E-state index contributed by atoms with van der Waals surface area (Å²) in [5.41, 5.74) is -0.522. The molecule has 38 heavy (non-hydrogen) atoms. The number of nitrogens with zero attached hydrogens (tertiary/aromatic N) is 1. The van der Waals surface area contributed by atoms with Crippen molar-refractivity contribution in [2.24, 2.45) is 0 Å². The second-order valence-corrected chi connectivity index (χ2v) is 13.2. The predicted molar refractivity (Wildman–Crippen MR) is 134 cm³/mol. The zero-order valence-electron chi connectivity index (χ0n) is 20.8. The SMILES string of the molecule is CNS(=O)(=O)c1cccc(OC[C@@H](O)CNC2COC3(CCN(S(=O)(=O)c4ccc(F)cc4F)CC3)C2)c1. The molecule has 2 aromatic rings. The average molecular weight is 576 g/mol. The van der Waals surface area contributed by atoms with Crippen LogP contribution < -0.4 is 14.8 Å². The lowest BCUT2D eigenvalue weighted by Crippen LogP contribution is -2.47. The zero-order valence-corrected chi connectivity index (χ0v) is 22.4. The molecule has 2 saturated heterocycles. The van der Waals surface area contributed by atoms with Crippen molar-refractivity contribution in [3.8, 4) is 5.75 Å². The first-order chi connectivity index (χ1) is 17.9. The molecule has 2 aliphatic heterocycles. The predicted octanol–water partition coefficient (Wildman–Crippen LogP) is 1.21. The van der Waals surface area contributed by atoms with Gasteiger partial charge in [0.1, 0.15) is 35.0 Å². The number of rotatable bonds is 10. The van der Waals surface area contributed by atoms with Gasteiger partial charge in [-0.05, 0) is 50.6 Å². The Bertz CT molecular complexity index is 1350. The fourth-order valence-electron chi connectivity index (χ4n) is 4.68. The first-order valence-electron chi connectivity index (χ1n) is 12.1. The number of aliphatic hydroxyl groups is 1. The lowest BCUT2D eigenvalue weighted by atomic mass is 9.88. The van der Waals surface area contributed by atoms with Gasteiger partial charge in [-0.25, -0.2) is 30.3 Å². The summed E-state index contributed by atoms with van der Waals surface area (Å²) in [7, 11) is -6.39. The third-order valence-corrected chi connectivity index (χ3v) is 10.2. The minimum absolute atomic E-state index is 0.0540. The van der Waals surface area contributed by atoms with Gasteiger partial charge in [-0.2, -0.15) is 4.31 Å². The normalized spacial score (nSPS) is 21.0. The van der Waals surface area contributed by atoms with E-state index in [2.05, 4.69) is 10.0 Å². The van der Waals surface area contributed by atoms with Gasteiger partial charge >= 0.3 is 0 Å². The topological polar surface area (TPSA) is 134 Å². The molecular formula is C24H31F2N3O7S2. The van der Waals surface area contributed by atoms with Crippen LogP contribution >= 0.6 is 0 Å². The zero-order chi connectivity index (χ0) is 27.6. The van der Waals surface area contributed by atoms with Crippen LogP contribution in [-0.4, -0.2) is 83.9 Å². The molecule has 0 bridgehead atoms. The first kappa shape index (κ1) is 28.8. The maximum Gasteiger partial charge on any atom is 0.245 e. The molecule has 2 aromatic carbocycles. The highest BCUT2D eigenvalue weighted by Gasteiger charge is 2.45. The van der Waals surface area contributed by atoms with Crippen LogP contribution in [-0.2, 0) is 24.8 Å². The average Bonchev–Trinajstić information content (AvgIpc) is 3.28. The van der Waals surface area contributed by atoms with Crippen LogP contribution in [0.1, 0.15) is 19.3 Å². The van der Waals surface area contributed by atoms with Crippen LogP contribution in [0.5, 0.6) is 5.75 Å². The van der Waals surface area contributed by atoms with Crippen LogP contribution in [0.4, 0.5) is 8.78 Å². The molecule has 10 nitrogen and oxygen atoms in total. The number of ether oxygens (including phenoxy) is 2. The number of sulfonamides is 2. The van der Waals surface area contributed by atoms with Crippen molar-refractivity contribution in [1.82, 2.24) is 14.3 Å². The van der Waals surface area contributed by atoms with Gasteiger partial charge in [0.15, 0.2) is 0 Å². The fourth-order valence-corrected chi connectivity index (χ4v) is 6.94. The number of piperidine rings is 1. The van der Waals surface area contributed by atoms with Crippen molar-refractivity contribution in [1.29, 1.82) is 0 Å². The van der Waals surface area contributed by atoms with Crippen molar-refractivity contribution in [3.63, 3.8) is 0 Å². The Kier molecular flexibility index (Phi) is 8.71. The molecule has 0 radical (unpaired) electrons. The van der Waals surface area contributed by atoms with Gasteiger partial charge in [-0.1, -0.05) is 6.07 Å². The molecule has 1 spiro atoms. The fraction of sp³-hybridized carbons (Fsp3) is 0.500. The van der Waals surface area contributed by atoms with Crippen molar-refractivity contribution in [3.05, 3.63) is 54.1 Å². The van der Waals surface area contributed by atoms with E-state index in [4.69, 9.17) is 9.47 Å². The highest BCUT2D eigenvalue weighted by Crippen LogP contribution is 2.37. The summed E-state index contributed by atoms with van der Waals surface area (Å²) in [6.45, 7) is 0.830. The molecule has 0 amide bonds. The molecule has 1 unspecified atom stereocenters. The van der Waals surface area contributed by atoms with Gasteiger partial charge < -0.3 is 19.9 Å². The molecule has 2 atom stereocenters. The van der Waals surface area contributed by atoms with E-state index in [1.165, 1.54) is 23.5 Å². The molecule has 0 aliphatic carbocycles.